The monoisotopic (exact) mass is 231 g/mol. The Morgan fingerprint density at radius 1 is 1.47 bits per heavy atom. The molecule has 0 bridgehead atoms. The van der Waals surface area contributed by atoms with Crippen LogP contribution < -0.4 is 5.73 Å². The summed E-state index contributed by atoms with van der Waals surface area (Å²) in [6.07, 6.45) is -2.94. The van der Waals surface area contributed by atoms with Crippen LogP contribution in [-0.2, 0) is 4.79 Å². The van der Waals surface area contributed by atoms with Crippen molar-refractivity contribution in [2.24, 2.45) is 5.73 Å². The molecule has 2 unspecified atom stereocenters. The van der Waals surface area contributed by atoms with E-state index in [9.17, 15) is 15.0 Å². The minimum Gasteiger partial charge on any atom is -0.389 e. The zero-order valence-corrected chi connectivity index (χ0v) is 8.42. The van der Waals surface area contributed by atoms with Crippen molar-refractivity contribution in [3.63, 3.8) is 0 Å². The molecule has 0 saturated heterocycles. The Morgan fingerprint density at radius 2 is 2.13 bits per heavy atom. The quantitative estimate of drug-likeness (QED) is 0.641. The first-order chi connectivity index (χ1) is 7.00. The van der Waals surface area contributed by atoms with Gasteiger partial charge in [-0.1, -0.05) is 11.6 Å². The normalized spacial score (nSPS) is 14.6. The van der Waals surface area contributed by atoms with Crippen LogP contribution in [0.5, 0.6) is 0 Å². The van der Waals surface area contributed by atoms with E-state index in [0.717, 1.165) is 0 Å². The third-order valence-corrected chi connectivity index (χ3v) is 1.93. The van der Waals surface area contributed by atoms with Crippen molar-refractivity contribution in [3.8, 4) is 0 Å². The van der Waals surface area contributed by atoms with Crippen LogP contribution in [-0.4, -0.2) is 32.4 Å². The van der Waals surface area contributed by atoms with Crippen LogP contribution in [0.2, 0.25) is 5.15 Å². The number of nitrogens with two attached hydrogens (primary N) is 1. The number of primary amides is 1. The van der Waals surface area contributed by atoms with E-state index in [2.05, 4.69) is 10.2 Å². The predicted molar refractivity (Wildman–Crippen MR) is 51.8 cm³/mol. The number of hydrogen-bond acceptors (Lipinski definition) is 5. The Kier molecular flexibility index (Phi) is 3.96. The van der Waals surface area contributed by atoms with Gasteiger partial charge in [0.25, 0.3) is 0 Å². The summed E-state index contributed by atoms with van der Waals surface area (Å²) in [6.45, 7) is 0. The van der Waals surface area contributed by atoms with Crippen molar-refractivity contribution in [1.29, 1.82) is 0 Å². The number of carbonyl (C=O) groups excluding carboxylic acids is 1. The van der Waals surface area contributed by atoms with E-state index in [0.29, 0.717) is 0 Å². The molecule has 0 saturated carbocycles. The zero-order valence-electron chi connectivity index (χ0n) is 7.67. The van der Waals surface area contributed by atoms with Gasteiger partial charge in [0.1, 0.15) is 6.10 Å². The Labute approximate surface area is 90.7 Å². The highest BCUT2D eigenvalue weighted by Gasteiger charge is 2.21. The van der Waals surface area contributed by atoms with Crippen LogP contribution in [0.25, 0.3) is 0 Å². The molecule has 0 aromatic carbocycles. The van der Waals surface area contributed by atoms with Gasteiger partial charge >= 0.3 is 0 Å². The van der Waals surface area contributed by atoms with Crippen molar-refractivity contribution in [1.82, 2.24) is 10.2 Å². The molecule has 6 nitrogen and oxygen atoms in total. The molecule has 1 rings (SSSR count). The van der Waals surface area contributed by atoms with Crippen molar-refractivity contribution < 1.29 is 15.0 Å². The molecule has 0 radical (unpaired) electrons. The summed E-state index contributed by atoms with van der Waals surface area (Å²) in [5.74, 6) is -0.705. The van der Waals surface area contributed by atoms with Gasteiger partial charge in [0.15, 0.2) is 5.15 Å². The maximum absolute atomic E-state index is 10.5. The Bertz CT molecular complexity index is 343. The lowest BCUT2D eigenvalue weighted by Crippen LogP contribution is -2.26. The predicted octanol–water partition coefficient (Wildman–Crippen LogP) is -0.600. The minimum absolute atomic E-state index is 0.133. The summed E-state index contributed by atoms with van der Waals surface area (Å²) in [4.78, 5) is 10.5. The first-order valence-corrected chi connectivity index (χ1v) is 4.52. The van der Waals surface area contributed by atoms with Crippen molar-refractivity contribution in [2.75, 3.05) is 0 Å². The number of aliphatic hydroxyl groups excluding tert-OH is 2. The maximum Gasteiger partial charge on any atom is 0.220 e. The summed E-state index contributed by atoms with van der Waals surface area (Å²) in [6, 6.07) is 2.83. The number of aromatic nitrogens is 2. The highest BCUT2D eigenvalue weighted by Crippen LogP contribution is 2.16. The lowest BCUT2D eigenvalue weighted by atomic mass is 10.1. The van der Waals surface area contributed by atoms with Gasteiger partial charge in [0, 0.05) is 0 Å². The summed E-state index contributed by atoms with van der Waals surface area (Å²) < 4.78 is 0. The average molecular weight is 232 g/mol. The molecule has 0 spiro atoms. The van der Waals surface area contributed by atoms with E-state index in [1.165, 1.54) is 12.1 Å². The summed E-state index contributed by atoms with van der Waals surface area (Å²) >= 11 is 5.49. The molecule has 1 aromatic heterocycles. The van der Waals surface area contributed by atoms with Crippen LogP contribution >= 0.6 is 11.6 Å². The topological polar surface area (TPSA) is 109 Å². The highest BCUT2D eigenvalue weighted by atomic mass is 35.5. The first kappa shape index (κ1) is 11.8. The highest BCUT2D eigenvalue weighted by molar-refractivity contribution is 6.29. The van der Waals surface area contributed by atoms with Gasteiger partial charge in [-0.2, -0.15) is 5.10 Å². The van der Waals surface area contributed by atoms with E-state index in [4.69, 9.17) is 17.3 Å². The zero-order chi connectivity index (χ0) is 11.4. The molecular weight excluding hydrogens is 222 g/mol. The lowest BCUT2D eigenvalue weighted by molar-refractivity contribution is -0.121. The van der Waals surface area contributed by atoms with E-state index in [1.807, 2.05) is 0 Å². The number of amides is 1. The fraction of sp³-hybridized carbons (Fsp3) is 0.375. The Hall–Kier alpha value is -1.24. The second-order valence-electron chi connectivity index (χ2n) is 2.96. The molecule has 1 heterocycles. The number of rotatable bonds is 4. The summed E-state index contributed by atoms with van der Waals surface area (Å²) in [5.41, 5.74) is 5.00. The number of halogens is 1. The maximum atomic E-state index is 10.5. The number of hydrogen-bond donors (Lipinski definition) is 3. The molecule has 0 aliphatic rings. The van der Waals surface area contributed by atoms with E-state index >= 15 is 0 Å². The largest absolute Gasteiger partial charge is 0.389 e. The molecule has 7 heteroatoms. The Morgan fingerprint density at radius 3 is 2.60 bits per heavy atom. The molecule has 82 valence electrons. The molecule has 4 N–H and O–H groups in total. The van der Waals surface area contributed by atoms with Crippen molar-refractivity contribution in [3.05, 3.63) is 23.0 Å². The van der Waals surface area contributed by atoms with Crippen LogP contribution in [0.3, 0.4) is 0 Å². The average Bonchev–Trinajstić information content (AvgIpc) is 2.17. The fourth-order valence-electron chi connectivity index (χ4n) is 0.999. The third kappa shape index (κ3) is 3.43. The van der Waals surface area contributed by atoms with Crippen LogP contribution in [0.15, 0.2) is 12.1 Å². The summed E-state index contributed by atoms with van der Waals surface area (Å²) in [7, 11) is 0. The van der Waals surface area contributed by atoms with Gasteiger partial charge < -0.3 is 15.9 Å². The van der Waals surface area contributed by atoms with Crippen molar-refractivity contribution in [2.45, 2.75) is 18.6 Å². The Balaban J connectivity index is 2.71. The van der Waals surface area contributed by atoms with E-state index < -0.39 is 18.1 Å². The summed E-state index contributed by atoms with van der Waals surface area (Å²) in [5, 5.41) is 26.1. The van der Waals surface area contributed by atoms with E-state index in [-0.39, 0.29) is 17.3 Å². The lowest BCUT2D eigenvalue weighted by Gasteiger charge is -2.14. The van der Waals surface area contributed by atoms with E-state index in [1.54, 1.807) is 0 Å². The van der Waals surface area contributed by atoms with Gasteiger partial charge in [0.05, 0.1) is 18.2 Å². The number of nitrogens with zero attached hydrogens (tertiary/aromatic N) is 2. The number of aliphatic hydroxyl groups is 2. The molecule has 15 heavy (non-hydrogen) atoms. The van der Waals surface area contributed by atoms with Gasteiger partial charge in [-0.15, -0.1) is 5.10 Å². The molecule has 0 fully saturated rings. The minimum atomic E-state index is -1.30. The van der Waals surface area contributed by atoms with Crippen LogP contribution in [0.1, 0.15) is 18.2 Å². The van der Waals surface area contributed by atoms with Gasteiger partial charge in [-0.05, 0) is 12.1 Å². The van der Waals surface area contributed by atoms with Gasteiger partial charge in [0.2, 0.25) is 5.91 Å². The fourth-order valence-corrected chi connectivity index (χ4v) is 1.10. The standard InChI is InChI=1S/C8H10ClN3O3/c9-6-2-1-4(11-12-6)8(15)5(13)3-7(10)14/h1-2,5,8,13,15H,3H2,(H2,10,14). The molecule has 1 aromatic rings. The smallest absolute Gasteiger partial charge is 0.220 e. The van der Waals surface area contributed by atoms with Crippen LogP contribution in [0.4, 0.5) is 0 Å². The third-order valence-electron chi connectivity index (χ3n) is 1.73. The second-order valence-corrected chi connectivity index (χ2v) is 3.35. The molecule has 1 amide bonds. The SMILES string of the molecule is NC(=O)CC(O)C(O)c1ccc(Cl)nn1. The van der Waals surface area contributed by atoms with Crippen LogP contribution in [0, 0.1) is 0 Å². The molecule has 2 atom stereocenters. The first-order valence-electron chi connectivity index (χ1n) is 4.14. The van der Waals surface area contributed by atoms with Gasteiger partial charge in [-0.25, -0.2) is 0 Å². The number of carbonyl (C=O) groups is 1. The van der Waals surface area contributed by atoms with Crippen molar-refractivity contribution >= 4 is 17.5 Å². The molecular formula is C8H10ClN3O3. The molecule has 0 aliphatic heterocycles. The van der Waals surface area contributed by atoms with Gasteiger partial charge in [-0.3, -0.25) is 4.79 Å². The second kappa shape index (κ2) is 5.01. The molecule has 0 aliphatic carbocycles.